The molecule has 2 aliphatic rings. The molecule has 2 aromatic carbocycles. The second-order valence-electron chi connectivity index (χ2n) is 9.51. The summed E-state index contributed by atoms with van der Waals surface area (Å²) in [5, 5.41) is 0. The number of esters is 4. The van der Waals surface area contributed by atoms with E-state index in [1.807, 2.05) is 0 Å². The van der Waals surface area contributed by atoms with Crippen LogP contribution in [0, 0.1) is 0 Å². The molecule has 3 heterocycles. The lowest BCUT2D eigenvalue weighted by Gasteiger charge is -2.24. The van der Waals surface area contributed by atoms with Crippen LogP contribution in [0.5, 0.6) is 28.7 Å². The van der Waals surface area contributed by atoms with Gasteiger partial charge in [0.2, 0.25) is 12.5 Å². The van der Waals surface area contributed by atoms with Crippen molar-refractivity contribution in [2.45, 2.75) is 40.7 Å². The lowest BCUT2D eigenvalue weighted by molar-refractivity contribution is -0.139. The largest absolute Gasteiger partial charge is 0.463 e. The number of aromatic nitrogens is 1. The van der Waals surface area contributed by atoms with Crippen molar-refractivity contribution in [3.05, 3.63) is 72.4 Å². The number of rotatable bonds is 7. The molecule has 0 N–H and O–H groups in total. The van der Waals surface area contributed by atoms with Gasteiger partial charge in [0.25, 0.3) is 5.56 Å². The van der Waals surface area contributed by atoms with Gasteiger partial charge in [-0.1, -0.05) is 17.4 Å². The summed E-state index contributed by atoms with van der Waals surface area (Å²) in [4.78, 5) is 67.7. The summed E-state index contributed by atoms with van der Waals surface area (Å²) in [6.45, 7) is 6.90. The van der Waals surface area contributed by atoms with E-state index in [9.17, 15) is 24.0 Å². The highest BCUT2D eigenvalue weighted by Crippen LogP contribution is 2.42. The molecule has 1 unspecified atom stereocenters. The molecule has 14 heteroatoms. The van der Waals surface area contributed by atoms with Crippen LogP contribution in [-0.4, -0.2) is 41.8 Å². The summed E-state index contributed by atoms with van der Waals surface area (Å²) in [5.41, 5.74) is 0.745. The van der Waals surface area contributed by atoms with E-state index in [2.05, 4.69) is 4.99 Å². The fourth-order valence-electron chi connectivity index (χ4n) is 4.73. The molecule has 0 saturated heterocycles. The summed E-state index contributed by atoms with van der Waals surface area (Å²) in [6, 6.07) is 6.97. The normalized spacial score (nSPS) is 15.3. The molecule has 1 aromatic heterocycles. The van der Waals surface area contributed by atoms with Crippen molar-refractivity contribution in [2.75, 3.05) is 13.4 Å². The third-order valence-corrected chi connectivity index (χ3v) is 7.35. The van der Waals surface area contributed by atoms with Crippen LogP contribution < -0.4 is 38.6 Å². The Hall–Kier alpha value is -5.24. The first-order chi connectivity index (χ1) is 21.0. The van der Waals surface area contributed by atoms with Crippen LogP contribution in [0.15, 0.2) is 51.4 Å². The van der Waals surface area contributed by atoms with Crippen LogP contribution in [0.1, 0.15) is 51.8 Å². The van der Waals surface area contributed by atoms with Crippen molar-refractivity contribution >= 4 is 41.3 Å². The first-order valence-corrected chi connectivity index (χ1v) is 14.1. The van der Waals surface area contributed by atoms with Gasteiger partial charge in [-0.05, 0) is 49.8 Å². The predicted octanol–water partition coefficient (Wildman–Crippen LogP) is 2.30. The minimum absolute atomic E-state index is 0.0391. The molecule has 0 bridgehead atoms. The van der Waals surface area contributed by atoms with Gasteiger partial charge in [-0.25, -0.2) is 9.79 Å². The average molecular weight is 623 g/mol. The molecule has 3 aromatic rings. The van der Waals surface area contributed by atoms with E-state index in [0.29, 0.717) is 27.6 Å². The first-order valence-electron chi connectivity index (χ1n) is 13.3. The van der Waals surface area contributed by atoms with Crippen LogP contribution in [0.25, 0.3) is 6.08 Å². The molecular formula is C30H26N2O11S. The maximum atomic E-state index is 14.1. The van der Waals surface area contributed by atoms with Crippen molar-refractivity contribution in [1.82, 2.24) is 4.57 Å². The molecule has 1 atom stereocenters. The van der Waals surface area contributed by atoms with Gasteiger partial charge >= 0.3 is 23.9 Å². The third-order valence-electron chi connectivity index (χ3n) is 6.37. The Labute approximate surface area is 253 Å². The molecular weight excluding hydrogens is 596 g/mol. The molecule has 0 fully saturated rings. The molecule has 0 amide bonds. The van der Waals surface area contributed by atoms with Crippen LogP contribution in [-0.2, 0) is 23.9 Å². The van der Waals surface area contributed by atoms with Gasteiger partial charge in [0.05, 0.1) is 28.5 Å². The topological polar surface area (TPSA) is 158 Å². The Morgan fingerprint density at radius 3 is 2.34 bits per heavy atom. The molecule has 5 rings (SSSR count). The van der Waals surface area contributed by atoms with Crippen molar-refractivity contribution in [3.63, 3.8) is 0 Å². The minimum atomic E-state index is -0.919. The average Bonchev–Trinajstić information content (AvgIpc) is 3.54. The highest BCUT2D eigenvalue weighted by molar-refractivity contribution is 7.07. The van der Waals surface area contributed by atoms with Gasteiger partial charge in [-0.15, -0.1) is 0 Å². The first kappa shape index (κ1) is 30.2. The summed E-state index contributed by atoms with van der Waals surface area (Å²) in [5.74, 6) is -2.60. The number of nitrogens with zero attached hydrogens (tertiary/aromatic N) is 2. The highest BCUT2D eigenvalue weighted by atomic mass is 32.1. The van der Waals surface area contributed by atoms with Gasteiger partial charge in [-0.2, -0.15) is 0 Å². The van der Waals surface area contributed by atoms with E-state index in [0.717, 1.165) is 32.1 Å². The van der Waals surface area contributed by atoms with Gasteiger partial charge in [0.1, 0.15) is 0 Å². The van der Waals surface area contributed by atoms with E-state index < -0.39 is 35.5 Å². The van der Waals surface area contributed by atoms with Gasteiger partial charge in [-0.3, -0.25) is 23.7 Å². The fraction of sp³-hybridized carbons (Fsp3) is 0.267. The van der Waals surface area contributed by atoms with Gasteiger partial charge in [0.15, 0.2) is 27.8 Å². The molecule has 44 heavy (non-hydrogen) atoms. The predicted molar refractivity (Wildman–Crippen MR) is 153 cm³/mol. The molecule has 0 spiro atoms. The van der Waals surface area contributed by atoms with Crippen LogP contribution in [0.3, 0.4) is 0 Å². The number of hydrogen-bond acceptors (Lipinski definition) is 13. The number of benzene rings is 2. The molecule has 0 radical (unpaired) electrons. The number of thiazole rings is 1. The zero-order chi connectivity index (χ0) is 31.7. The lowest BCUT2D eigenvalue weighted by atomic mass is 9.95. The van der Waals surface area contributed by atoms with Crippen molar-refractivity contribution < 1.29 is 47.6 Å². The molecule has 228 valence electrons. The summed E-state index contributed by atoms with van der Waals surface area (Å²) < 4.78 is 33.6. The SMILES string of the molecule is CCOC(=O)C1=C(C)N=c2s/c(=C\c3ccc(OC(C)=O)c(OC(C)=O)c3OC(C)=O)c(=O)n2C1c1ccc2c(c1)OCO2. The van der Waals surface area contributed by atoms with Crippen LogP contribution in [0.4, 0.5) is 0 Å². The molecule has 13 nitrogen and oxygen atoms in total. The monoisotopic (exact) mass is 622 g/mol. The Morgan fingerprint density at radius 1 is 0.977 bits per heavy atom. The number of carbonyl (C=O) groups is 4. The number of carbonyl (C=O) groups excluding carboxylic acids is 4. The van der Waals surface area contributed by atoms with E-state index in [1.165, 1.54) is 22.8 Å². The van der Waals surface area contributed by atoms with E-state index in [1.54, 1.807) is 32.0 Å². The Kier molecular flexibility index (Phi) is 8.36. The highest BCUT2D eigenvalue weighted by Gasteiger charge is 2.34. The third kappa shape index (κ3) is 5.83. The van der Waals surface area contributed by atoms with Crippen LogP contribution >= 0.6 is 11.3 Å². The zero-order valence-electron chi connectivity index (χ0n) is 24.2. The maximum Gasteiger partial charge on any atom is 0.338 e. The van der Waals surface area contributed by atoms with E-state index in [-0.39, 0.29) is 46.3 Å². The molecule has 0 aliphatic carbocycles. The Morgan fingerprint density at radius 2 is 1.66 bits per heavy atom. The van der Waals surface area contributed by atoms with Gasteiger partial charge in [0, 0.05) is 26.3 Å². The number of fused-ring (bicyclic) bond motifs is 2. The maximum absolute atomic E-state index is 14.1. The molecule has 0 saturated carbocycles. The second-order valence-corrected chi connectivity index (χ2v) is 10.5. The fourth-order valence-corrected chi connectivity index (χ4v) is 5.77. The smallest absolute Gasteiger partial charge is 0.338 e. The summed E-state index contributed by atoms with van der Waals surface area (Å²) >= 11 is 1.03. The number of allylic oxidation sites excluding steroid dienone is 1. The summed E-state index contributed by atoms with van der Waals surface area (Å²) in [6.07, 6.45) is 1.42. The summed E-state index contributed by atoms with van der Waals surface area (Å²) in [7, 11) is 0. The lowest BCUT2D eigenvalue weighted by Crippen LogP contribution is -2.39. The van der Waals surface area contributed by atoms with Gasteiger partial charge < -0.3 is 28.4 Å². The Balaban J connectivity index is 1.74. The number of ether oxygens (including phenoxy) is 6. The standard InChI is InChI=1S/C30H26N2O11S/c1-6-38-29(37)24-14(2)31-30-32(25(24)18-7-9-20-22(11-18)40-13-39-20)28(36)23(44-30)12-19-8-10-21(41-15(3)33)27(43-17(5)35)26(19)42-16(4)34/h7-12,25H,6,13H2,1-5H3/b23-12-. The second kappa shape index (κ2) is 12.2. The van der Waals surface area contributed by atoms with Crippen molar-refractivity contribution in [3.8, 4) is 28.7 Å². The minimum Gasteiger partial charge on any atom is -0.463 e. The molecule has 2 aliphatic heterocycles. The zero-order valence-corrected chi connectivity index (χ0v) is 25.1. The van der Waals surface area contributed by atoms with E-state index in [4.69, 9.17) is 28.4 Å². The number of hydrogen-bond donors (Lipinski definition) is 0. The quantitative estimate of drug-likeness (QED) is 0.281. The van der Waals surface area contributed by atoms with E-state index >= 15 is 0 Å². The van der Waals surface area contributed by atoms with Crippen LogP contribution in [0.2, 0.25) is 0 Å². The van der Waals surface area contributed by atoms with Crippen molar-refractivity contribution in [1.29, 1.82) is 0 Å². The van der Waals surface area contributed by atoms with Crippen molar-refractivity contribution in [2.24, 2.45) is 4.99 Å². The Bertz CT molecular complexity index is 1940.